The lowest BCUT2D eigenvalue weighted by Crippen LogP contribution is -1.99. The number of nitrogens with zero attached hydrogens (tertiary/aromatic N) is 2. The van der Waals surface area contributed by atoms with Gasteiger partial charge in [-0.1, -0.05) is 23.7 Å². The minimum atomic E-state index is -0.345. The second-order valence-electron chi connectivity index (χ2n) is 4.56. The van der Waals surface area contributed by atoms with Gasteiger partial charge in [0.2, 0.25) is 0 Å². The van der Waals surface area contributed by atoms with Crippen molar-refractivity contribution in [2.75, 3.05) is 0 Å². The molecule has 2 aromatic carbocycles. The SMILES string of the molecule is N#Cc1ccc2ccn(Cc3ccc(F)cc3Cl)c2c1. The second-order valence-corrected chi connectivity index (χ2v) is 4.97. The Bertz CT molecular complexity index is 830. The first-order chi connectivity index (χ1) is 9.67. The van der Waals surface area contributed by atoms with Crippen molar-refractivity contribution < 1.29 is 4.39 Å². The summed E-state index contributed by atoms with van der Waals surface area (Å²) in [7, 11) is 0. The summed E-state index contributed by atoms with van der Waals surface area (Å²) in [6.45, 7) is 0.539. The summed E-state index contributed by atoms with van der Waals surface area (Å²) in [5.41, 5.74) is 2.42. The monoisotopic (exact) mass is 284 g/mol. The Kier molecular flexibility index (Phi) is 3.17. The van der Waals surface area contributed by atoms with Crippen LogP contribution in [0.2, 0.25) is 5.02 Å². The fourth-order valence-corrected chi connectivity index (χ4v) is 2.45. The summed E-state index contributed by atoms with van der Waals surface area (Å²) in [5, 5.41) is 10.4. The van der Waals surface area contributed by atoms with Crippen LogP contribution in [0.4, 0.5) is 4.39 Å². The zero-order chi connectivity index (χ0) is 14.1. The van der Waals surface area contributed by atoms with Crippen molar-refractivity contribution in [3.63, 3.8) is 0 Å². The number of nitriles is 1. The lowest BCUT2D eigenvalue weighted by atomic mass is 10.2. The highest BCUT2D eigenvalue weighted by molar-refractivity contribution is 6.31. The van der Waals surface area contributed by atoms with Crippen LogP contribution in [0.15, 0.2) is 48.7 Å². The number of hydrogen-bond acceptors (Lipinski definition) is 1. The van der Waals surface area contributed by atoms with E-state index in [-0.39, 0.29) is 5.82 Å². The second kappa shape index (κ2) is 4.99. The quantitative estimate of drug-likeness (QED) is 0.687. The van der Waals surface area contributed by atoms with Crippen molar-refractivity contribution in [2.45, 2.75) is 6.54 Å². The van der Waals surface area contributed by atoms with Crippen molar-refractivity contribution in [3.05, 3.63) is 70.6 Å². The molecule has 0 unspecified atom stereocenters. The highest BCUT2D eigenvalue weighted by Gasteiger charge is 2.06. The van der Waals surface area contributed by atoms with E-state index in [1.807, 2.05) is 29.0 Å². The average molecular weight is 285 g/mol. The first kappa shape index (κ1) is 12.7. The molecule has 0 aliphatic rings. The van der Waals surface area contributed by atoms with Gasteiger partial charge in [-0.05, 0) is 41.3 Å². The lowest BCUT2D eigenvalue weighted by Gasteiger charge is -2.08. The van der Waals surface area contributed by atoms with Crippen LogP contribution in [0.25, 0.3) is 10.9 Å². The van der Waals surface area contributed by atoms with Crippen LogP contribution < -0.4 is 0 Å². The Morgan fingerprint density at radius 3 is 2.75 bits per heavy atom. The molecule has 3 aromatic rings. The molecule has 0 aliphatic heterocycles. The molecule has 0 radical (unpaired) electrons. The molecule has 0 saturated heterocycles. The van der Waals surface area contributed by atoms with E-state index in [4.69, 9.17) is 16.9 Å². The molecule has 20 heavy (non-hydrogen) atoms. The van der Waals surface area contributed by atoms with Crippen LogP contribution >= 0.6 is 11.6 Å². The van der Waals surface area contributed by atoms with E-state index >= 15 is 0 Å². The van der Waals surface area contributed by atoms with Crippen LogP contribution in [0.1, 0.15) is 11.1 Å². The van der Waals surface area contributed by atoms with Crippen molar-refractivity contribution in [2.24, 2.45) is 0 Å². The summed E-state index contributed by atoms with van der Waals surface area (Å²) < 4.78 is 15.0. The zero-order valence-electron chi connectivity index (χ0n) is 10.5. The first-order valence-electron chi connectivity index (χ1n) is 6.10. The topological polar surface area (TPSA) is 28.7 Å². The standard InChI is InChI=1S/C16H10ClFN2/c17-15-8-14(18)4-3-13(15)10-20-6-5-12-2-1-11(9-19)7-16(12)20/h1-8H,10H2. The van der Waals surface area contributed by atoms with Crippen molar-refractivity contribution in [1.29, 1.82) is 5.26 Å². The van der Waals surface area contributed by atoms with Gasteiger partial charge in [0.15, 0.2) is 0 Å². The maximum Gasteiger partial charge on any atom is 0.124 e. The summed E-state index contributed by atoms with van der Waals surface area (Å²) in [6.07, 6.45) is 1.94. The maximum absolute atomic E-state index is 13.1. The molecule has 4 heteroatoms. The van der Waals surface area contributed by atoms with Gasteiger partial charge in [0.1, 0.15) is 5.82 Å². The molecule has 0 amide bonds. The van der Waals surface area contributed by atoms with Crippen LogP contribution in [0, 0.1) is 17.1 Å². The molecule has 0 spiro atoms. The lowest BCUT2D eigenvalue weighted by molar-refractivity contribution is 0.626. The van der Waals surface area contributed by atoms with E-state index in [2.05, 4.69) is 6.07 Å². The van der Waals surface area contributed by atoms with Gasteiger partial charge in [-0.3, -0.25) is 0 Å². The van der Waals surface area contributed by atoms with Gasteiger partial charge in [-0.15, -0.1) is 0 Å². The molecule has 0 bridgehead atoms. The van der Waals surface area contributed by atoms with E-state index in [1.165, 1.54) is 12.1 Å². The Morgan fingerprint density at radius 2 is 2.00 bits per heavy atom. The van der Waals surface area contributed by atoms with Gasteiger partial charge in [-0.25, -0.2) is 4.39 Å². The van der Waals surface area contributed by atoms with Crippen LogP contribution in [-0.4, -0.2) is 4.57 Å². The number of rotatable bonds is 2. The summed E-state index contributed by atoms with van der Waals surface area (Å²) in [6, 6.07) is 14.0. The number of aromatic nitrogens is 1. The minimum Gasteiger partial charge on any atom is -0.343 e. The first-order valence-corrected chi connectivity index (χ1v) is 6.48. The summed E-state index contributed by atoms with van der Waals surface area (Å²) >= 11 is 6.05. The molecule has 0 aliphatic carbocycles. The molecule has 0 saturated carbocycles. The van der Waals surface area contributed by atoms with E-state index in [0.29, 0.717) is 17.1 Å². The largest absolute Gasteiger partial charge is 0.343 e. The Balaban J connectivity index is 2.04. The van der Waals surface area contributed by atoms with E-state index < -0.39 is 0 Å². The molecule has 0 atom stereocenters. The van der Waals surface area contributed by atoms with Crippen molar-refractivity contribution in [3.8, 4) is 6.07 Å². The van der Waals surface area contributed by atoms with Crippen LogP contribution in [0.3, 0.4) is 0 Å². The van der Waals surface area contributed by atoms with Crippen LogP contribution in [0.5, 0.6) is 0 Å². The normalized spacial score (nSPS) is 10.7. The van der Waals surface area contributed by atoms with Crippen LogP contribution in [-0.2, 0) is 6.54 Å². The van der Waals surface area contributed by atoms with Crippen molar-refractivity contribution >= 4 is 22.5 Å². The maximum atomic E-state index is 13.1. The summed E-state index contributed by atoms with van der Waals surface area (Å²) in [5.74, 6) is -0.345. The van der Waals surface area contributed by atoms with Gasteiger partial charge in [0.25, 0.3) is 0 Å². The minimum absolute atomic E-state index is 0.345. The molecule has 0 fully saturated rings. The highest BCUT2D eigenvalue weighted by atomic mass is 35.5. The molecule has 98 valence electrons. The third-order valence-corrected chi connectivity index (χ3v) is 3.61. The number of benzene rings is 2. The Hall–Kier alpha value is -2.31. The molecule has 1 aromatic heterocycles. The number of halogens is 2. The van der Waals surface area contributed by atoms with E-state index in [1.54, 1.807) is 12.1 Å². The third-order valence-electron chi connectivity index (χ3n) is 3.26. The molecular formula is C16H10ClFN2. The zero-order valence-corrected chi connectivity index (χ0v) is 11.2. The predicted molar refractivity (Wildman–Crippen MR) is 77.2 cm³/mol. The predicted octanol–water partition coefficient (Wildman–Crippen LogP) is 4.35. The van der Waals surface area contributed by atoms with Gasteiger partial charge in [-0.2, -0.15) is 5.26 Å². The van der Waals surface area contributed by atoms with E-state index in [0.717, 1.165) is 16.5 Å². The molecular weight excluding hydrogens is 275 g/mol. The molecule has 2 nitrogen and oxygen atoms in total. The van der Waals surface area contributed by atoms with Gasteiger partial charge in [0.05, 0.1) is 11.6 Å². The Morgan fingerprint density at radius 1 is 1.15 bits per heavy atom. The third kappa shape index (κ3) is 2.26. The molecule has 3 rings (SSSR count). The van der Waals surface area contributed by atoms with E-state index in [9.17, 15) is 4.39 Å². The average Bonchev–Trinajstić information content (AvgIpc) is 2.84. The Labute approximate surface area is 120 Å². The number of fused-ring (bicyclic) bond motifs is 1. The van der Waals surface area contributed by atoms with Crippen molar-refractivity contribution in [1.82, 2.24) is 4.57 Å². The van der Waals surface area contributed by atoms with Gasteiger partial charge in [0, 0.05) is 23.3 Å². The molecule has 0 N–H and O–H groups in total. The number of hydrogen-bond donors (Lipinski definition) is 0. The van der Waals surface area contributed by atoms with Gasteiger partial charge >= 0.3 is 0 Å². The smallest absolute Gasteiger partial charge is 0.124 e. The fraction of sp³-hybridized carbons (Fsp3) is 0.0625. The fourth-order valence-electron chi connectivity index (χ4n) is 2.22. The van der Waals surface area contributed by atoms with Gasteiger partial charge < -0.3 is 4.57 Å². The molecule has 1 heterocycles. The summed E-state index contributed by atoms with van der Waals surface area (Å²) in [4.78, 5) is 0. The highest BCUT2D eigenvalue weighted by Crippen LogP contribution is 2.22.